The second kappa shape index (κ2) is 8.38. The van der Waals surface area contributed by atoms with Crippen LogP contribution >= 0.6 is 11.3 Å². The lowest BCUT2D eigenvalue weighted by Crippen LogP contribution is -2.26. The van der Waals surface area contributed by atoms with Gasteiger partial charge in [0.1, 0.15) is 5.69 Å². The number of carbonyl (C=O) groups is 2. The van der Waals surface area contributed by atoms with Crippen molar-refractivity contribution in [2.24, 2.45) is 5.92 Å². The fraction of sp³-hybridized carbons (Fsp3) is 0.375. The molecule has 2 aromatic heterocycles. The van der Waals surface area contributed by atoms with Crippen LogP contribution in [0.5, 0.6) is 0 Å². The van der Waals surface area contributed by atoms with Gasteiger partial charge in [-0.15, -0.1) is 11.3 Å². The molecule has 2 aromatic rings. The SMILES string of the molecule is CC(C)CC(=O)Nc1nc(C(=O)NCCc2ccncc2)cs1. The van der Waals surface area contributed by atoms with Crippen molar-refractivity contribution in [2.75, 3.05) is 11.9 Å². The van der Waals surface area contributed by atoms with Gasteiger partial charge in [0.2, 0.25) is 5.91 Å². The second-order valence-corrected chi connectivity index (χ2v) is 6.40. The maximum atomic E-state index is 12.0. The second-order valence-electron chi connectivity index (χ2n) is 5.55. The minimum atomic E-state index is -0.236. The van der Waals surface area contributed by atoms with Crippen molar-refractivity contribution in [1.29, 1.82) is 0 Å². The standard InChI is InChI=1S/C16H20N4O2S/c1-11(2)9-14(21)20-16-19-13(10-23-16)15(22)18-8-5-12-3-6-17-7-4-12/h3-4,6-7,10-11H,5,8-9H2,1-2H3,(H,18,22)(H,19,20,21). The van der Waals surface area contributed by atoms with E-state index < -0.39 is 0 Å². The number of anilines is 1. The first kappa shape index (κ1) is 17.1. The first-order valence-corrected chi connectivity index (χ1v) is 8.35. The Labute approximate surface area is 139 Å². The van der Waals surface area contributed by atoms with Gasteiger partial charge < -0.3 is 10.6 Å². The van der Waals surface area contributed by atoms with Gasteiger partial charge in [-0.2, -0.15) is 0 Å². The molecule has 0 aliphatic carbocycles. The minimum absolute atomic E-state index is 0.0843. The third-order valence-corrected chi connectivity index (χ3v) is 3.78. The Kier molecular flexibility index (Phi) is 6.22. The van der Waals surface area contributed by atoms with Crippen LogP contribution in [0.4, 0.5) is 5.13 Å². The molecule has 0 spiro atoms. The van der Waals surface area contributed by atoms with E-state index in [-0.39, 0.29) is 17.7 Å². The van der Waals surface area contributed by atoms with Crippen molar-refractivity contribution in [2.45, 2.75) is 26.7 Å². The number of amides is 2. The molecule has 7 heteroatoms. The lowest BCUT2D eigenvalue weighted by Gasteiger charge is -2.04. The third kappa shape index (κ3) is 5.78. The van der Waals surface area contributed by atoms with Gasteiger partial charge in [0.05, 0.1) is 0 Å². The van der Waals surface area contributed by atoms with Crippen LogP contribution < -0.4 is 10.6 Å². The molecule has 0 atom stereocenters. The summed E-state index contributed by atoms with van der Waals surface area (Å²) >= 11 is 1.25. The smallest absolute Gasteiger partial charge is 0.270 e. The molecule has 0 saturated heterocycles. The average Bonchev–Trinajstić information content (AvgIpc) is 2.96. The largest absolute Gasteiger partial charge is 0.350 e. The molecule has 2 rings (SSSR count). The molecule has 0 aromatic carbocycles. The Hall–Kier alpha value is -2.28. The lowest BCUT2D eigenvalue weighted by atomic mass is 10.1. The van der Waals surface area contributed by atoms with Crippen molar-refractivity contribution < 1.29 is 9.59 Å². The van der Waals surface area contributed by atoms with E-state index in [1.54, 1.807) is 17.8 Å². The van der Waals surface area contributed by atoms with E-state index >= 15 is 0 Å². The van der Waals surface area contributed by atoms with Gasteiger partial charge in [-0.05, 0) is 30.0 Å². The molecule has 2 amide bonds. The number of pyridine rings is 1. The van der Waals surface area contributed by atoms with E-state index in [1.165, 1.54) is 11.3 Å². The maximum Gasteiger partial charge on any atom is 0.270 e. The summed E-state index contributed by atoms with van der Waals surface area (Å²) in [6.07, 6.45) is 4.62. The number of carbonyl (C=O) groups excluding carboxylic acids is 2. The summed E-state index contributed by atoms with van der Waals surface area (Å²) in [7, 11) is 0. The van der Waals surface area contributed by atoms with Crippen molar-refractivity contribution in [3.63, 3.8) is 0 Å². The number of nitrogens with zero attached hydrogens (tertiary/aromatic N) is 2. The number of nitrogens with one attached hydrogen (secondary N) is 2. The fourth-order valence-electron chi connectivity index (χ4n) is 1.94. The van der Waals surface area contributed by atoms with Crippen molar-refractivity contribution in [1.82, 2.24) is 15.3 Å². The summed E-state index contributed by atoms with van der Waals surface area (Å²) in [5, 5.41) is 7.63. The third-order valence-electron chi connectivity index (χ3n) is 3.03. The van der Waals surface area contributed by atoms with Crippen LogP contribution in [-0.2, 0) is 11.2 Å². The predicted molar refractivity (Wildman–Crippen MR) is 90.5 cm³/mol. The average molecular weight is 332 g/mol. The zero-order valence-corrected chi connectivity index (χ0v) is 14.0. The van der Waals surface area contributed by atoms with Gasteiger partial charge in [-0.1, -0.05) is 13.8 Å². The Morgan fingerprint density at radius 2 is 2.00 bits per heavy atom. The summed E-state index contributed by atoms with van der Waals surface area (Å²) in [6.45, 7) is 4.47. The van der Waals surface area contributed by atoms with Gasteiger partial charge in [-0.25, -0.2) is 4.98 Å². The van der Waals surface area contributed by atoms with Crippen LogP contribution in [0.3, 0.4) is 0 Å². The molecular formula is C16H20N4O2S. The van der Waals surface area contributed by atoms with E-state index in [1.807, 2.05) is 26.0 Å². The van der Waals surface area contributed by atoms with E-state index in [9.17, 15) is 9.59 Å². The number of hydrogen-bond acceptors (Lipinski definition) is 5. The quantitative estimate of drug-likeness (QED) is 0.816. The van der Waals surface area contributed by atoms with E-state index in [0.29, 0.717) is 23.8 Å². The summed E-state index contributed by atoms with van der Waals surface area (Å²) in [5.41, 5.74) is 1.43. The number of thiazole rings is 1. The zero-order valence-electron chi connectivity index (χ0n) is 13.2. The van der Waals surface area contributed by atoms with Crippen LogP contribution in [0.15, 0.2) is 29.9 Å². The molecule has 23 heavy (non-hydrogen) atoms. The minimum Gasteiger partial charge on any atom is -0.350 e. The molecular weight excluding hydrogens is 312 g/mol. The summed E-state index contributed by atoms with van der Waals surface area (Å²) < 4.78 is 0. The number of rotatable bonds is 7. The van der Waals surface area contributed by atoms with Crippen molar-refractivity contribution in [3.05, 3.63) is 41.2 Å². The Balaban J connectivity index is 1.80. The summed E-state index contributed by atoms with van der Waals surface area (Å²) in [6, 6.07) is 3.83. The Bertz CT molecular complexity index is 655. The normalized spacial score (nSPS) is 10.6. The summed E-state index contributed by atoms with van der Waals surface area (Å²) in [4.78, 5) is 31.8. The molecule has 6 nitrogen and oxygen atoms in total. The van der Waals surface area contributed by atoms with Crippen LogP contribution in [0, 0.1) is 5.92 Å². The Morgan fingerprint density at radius 3 is 2.70 bits per heavy atom. The fourth-order valence-corrected chi connectivity index (χ4v) is 2.64. The molecule has 2 N–H and O–H groups in total. The Morgan fingerprint density at radius 1 is 1.26 bits per heavy atom. The van der Waals surface area contributed by atoms with Gasteiger partial charge in [0, 0.05) is 30.7 Å². The van der Waals surface area contributed by atoms with Crippen molar-refractivity contribution in [3.8, 4) is 0 Å². The number of hydrogen-bond donors (Lipinski definition) is 2. The molecule has 0 aliphatic heterocycles. The maximum absolute atomic E-state index is 12.0. The molecule has 2 heterocycles. The lowest BCUT2D eigenvalue weighted by molar-refractivity contribution is -0.116. The van der Waals surface area contributed by atoms with Crippen molar-refractivity contribution >= 4 is 28.3 Å². The molecule has 0 saturated carbocycles. The highest BCUT2D eigenvalue weighted by Crippen LogP contribution is 2.16. The van der Waals surface area contributed by atoms with Crippen LogP contribution in [-0.4, -0.2) is 28.3 Å². The monoisotopic (exact) mass is 332 g/mol. The molecule has 122 valence electrons. The highest BCUT2D eigenvalue weighted by Gasteiger charge is 2.12. The predicted octanol–water partition coefficient (Wildman–Crippen LogP) is 2.50. The number of aromatic nitrogens is 2. The molecule has 0 fully saturated rings. The zero-order chi connectivity index (χ0) is 16.7. The van der Waals surface area contributed by atoms with Crippen LogP contribution in [0.2, 0.25) is 0 Å². The molecule has 0 unspecified atom stereocenters. The van der Waals surface area contributed by atoms with Gasteiger partial charge in [0.25, 0.3) is 5.91 Å². The highest BCUT2D eigenvalue weighted by molar-refractivity contribution is 7.14. The molecule has 0 radical (unpaired) electrons. The highest BCUT2D eigenvalue weighted by atomic mass is 32.1. The molecule has 0 aliphatic rings. The van der Waals surface area contributed by atoms with E-state index in [2.05, 4.69) is 20.6 Å². The first-order valence-electron chi connectivity index (χ1n) is 7.47. The van der Waals surface area contributed by atoms with Gasteiger partial charge >= 0.3 is 0 Å². The van der Waals surface area contributed by atoms with Gasteiger partial charge in [-0.3, -0.25) is 14.6 Å². The van der Waals surface area contributed by atoms with E-state index in [0.717, 1.165) is 12.0 Å². The van der Waals surface area contributed by atoms with Gasteiger partial charge in [0.15, 0.2) is 5.13 Å². The van der Waals surface area contributed by atoms with E-state index in [4.69, 9.17) is 0 Å². The first-order chi connectivity index (χ1) is 11.0. The van der Waals surface area contributed by atoms with Crippen LogP contribution in [0.1, 0.15) is 36.3 Å². The molecule has 0 bridgehead atoms. The van der Waals surface area contributed by atoms with Crippen LogP contribution in [0.25, 0.3) is 0 Å². The summed E-state index contributed by atoms with van der Waals surface area (Å²) in [5.74, 6) is -0.0374. The topological polar surface area (TPSA) is 84.0 Å².